The van der Waals surface area contributed by atoms with Crippen LogP contribution in [-0.4, -0.2) is 25.3 Å². The molecule has 3 aromatic carbocycles. The summed E-state index contributed by atoms with van der Waals surface area (Å²) in [5.41, 5.74) is 4.47. The molecular formula is C31H26F3N5O. The molecule has 0 saturated heterocycles. The molecule has 1 atom stereocenters. The quantitative estimate of drug-likeness (QED) is 0.258. The lowest BCUT2D eigenvalue weighted by molar-refractivity contribution is -0.137. The van der Waals surface area contributed by atoms with Gasteiger partial charge in [0.15, 0.2) is 0 Å². The Kier molecular flexibility index (Phi) is 6.21. The van der Waals surface area contributed by atoms with Crippen LogP contribution in [0.1, 0.15) is 39.7 Å². The van der Waals surface area contributed by atoms with Crippen LogP contribution in [0.15, 0.2) is 97.2 Å². The van der Waals surface area contributed by atoms with Gasteiger partial charge in [0, 0.05) is 17.4 Å². The minimum absolute atomic E-state index is 0.0689. The van der Waals surface area contributed by atoms with Gasteiger partial charge in [0.05, 0.1) is 35.2 Å². The zero-order valence-electron chi connectivity index (χ0n) is 21.9. The highest BCUT2D eigenvalue weighted by Gasteiger charge is 2.36. The van der Waals surface area contributed by atoms with Gasteiger partial charge in [0.2, 0.25) is 0 Å². The van der Waals surface area contributed by atoms with Crippen LogP contribution in [0.25, 0.3) is 11.5 Å². The van der Waals surface area contributed by atoms with Gasteiger partial charge in [-0.25, -0.2) is 9.48 Å². The van der Waals surface area contributed by atoms with Crippen molar-refractivity contribution < 1.29 is 18.0 Å². The molecule has 5 aromatic rings. The van der Waals surface area contributed by atoms with E-state index in [1.165, 1.54) is 12.1 Å². The summed E-state index contributed by atoms with van der Waals surface area (Å²) in [5.74, 6) is 0.815. The van der Waals surface area contributed by atoms with E-state index in [0.717, 1.165) is 51.7 Å². The molecule has 0 bridgehead atoms. The number of urea groups is 1. The van der Waals surface area contributed by atoms with E-state index in [2.05, 4.69) is 5.32 Å². The molecule has 2 aromatic heterocycles. The first-order valence-electron chi connectivity index (χ1n) is 12.8. The van der Waals surface area contributed by atoms with Crippen molar-refractivity contribution in [2.45, 2.75) is 32.6 Å². The number of benzene rings is 3. The van der Waals surface area contributed by atoms with Crippen molar-refractivity contribution in [1.82, 2.24) is 19.2 Å². The number of para-hydroxylation sites is 1. The Morgan fingerprint density at radius 3 is 2.45 bits per heavy atom. The van der Waals surface area contributed by atoms with Crippen LogP contribution in [0.5, 0.6) is 0 Å². The molecule has 202 valence electrons. The van der Waals surface area contributed by atoms with Gasteiger partial charge in [-0.2, -0.15) is 18.3 Å². The number of anilines is 1. The molecule has 0 fully saturated rings. The number of aryl methyl sites for hydroxylation is 2. The summed E-state index contributed by atoms with van der Waals surface area (Å²) < 4.78 is 44.1. The molecule has 1 N–H and O–H groups in total. The van der Waals surface area contributed by atoms with Gasteiger partial charge < -0.3 is 14.8 Å². The van der Waals surface area contributed by atoms with Crippen LogP contribution in [0.2, 0.25) is 0 Å². The Morgan fingerprint density at radius 1 is 0.925 bits per heavy atom. The molecule has 0 spiro atoms. The number of aromatic nitrogens is 3. The molecule has 40 heavy (non-hydrogen) atoms. The zero-order valence-corrected chi connectivity index (χ0v) is 21.9. The number of halogens is 3. The Balaban J connectivity index is 1.51. The number of rotatable bonds is 3. The maximum atomic E-state index is 14.0. The second kappa shape index (κ2) is 9.75. The number of hydrogen-bond acceptors (Lipinski definition) is 2. The van der Waals surface area contributed by atoms with Crippen molar-refractivity contribution in [3.8, 4) is 11.5 Å². The van der Waals surface area contributed by atoms with Gasteiger partial charge in [0.1, 0.15) is 5.82 Å². The summed E-state index contributed by atoms with van der Waals surface area (Å²) in [4.78, 5) is 15.6. The number of fused-ring (bicyclic) bond motifs is 3. The van der Waals surface area contributed by atoms with Gasteiger partial charge in [0.25, 0.3) is 0 Å². The number of carbonyl (C=O) groups excluding carboxylic acids is 1. The van der Waals surface area contributed by atoms with Crippen LogP contribution in [-0.2, 0) is 12.7 Å². The summed E-state index contributed by atoms with van der Waals surface area (Å²) in [7, 11) is 0. The van der Waals surface area contributed by atoms with Crippen LogP contribution in [0.4, 0.5) is 23.7 Å². The first kappa shape index (κ1) is 25.5. The second-order valence-corrected chi connectivity index (χ2v) is 9.89. The molecule has 0 aliphatic carbocycles. The third kappa shape index (κ3) is 4.53. The summed E-state index contributed by atoms with van der Waals surface area (Å²) in [6.45, 7) is 4.08. The molecule has 0 saturated carbocycles. The number of alkyl halides is 3. The average molecular weight is 542 g/mol. The number of nitrogens with one attached hydrogen (secondary N) is 1. The van der Waals surface area contributed by atoms with Crippen LogP contribution < -0.4 is 5.32 Å². The first-order valence-corrected chi connectivity index (χ1v) is 12.8. The highest BCUT2D eigenvalue weighted by molar-refractivity contribution is 5.90. The van der Waals surface area contributed by atoms with E-state index in [0.29, 0.717) is 0 Å². The molecule has 1 aliphatic rings. The zero-order chi connectivity index (χ0) is 28.0. The first-order chi connectivity index (χ1) is 19.2. The Morgan fingerprint density at radius 2 is 1.70 bits per heavy atom. The standard InChI is InChI=1S/C31H26F3N5O/c1-20-9-6-10-22(17-20)28-27-15-8-16-37(27)29-26(21(2)36-39(29)25-13-4-3-5-14-25)19-38(28)30(40)35-24-12-7-11-23(18-24)31(32,33)34/h3-18,28H,19H2,1-2H3,(H,35,40)/t28-/m0/s1. The van der Waals surface area contributed by atoms with E-state index in [-0.39, 0.29) is 12.2 Å². The minimum Gasteiger partial charge on any atom is -0.308 e. The molecule has 9 heteroatoms. The highest BCUT2D eigenvalue weighted by Crippen LogP contribution is 2.39. The van der Waals surface area contributed by atoms with Crippen LogP contribution >= 0.6 is 0 Å². The fourth-order valence-corrected chi connectivity index (χ4v) is 5.31. The lowest BCUT2D eigenvalue weighted by Gasteiger charge is -2.31. The summed E-state index contributed by atoms with van der Waals surface area (Å²) in [6, 6.07) is 25.2. The maximum absolute atomic E-state index is 14.0. The largest absolute Gasteiger partial charge is 0.416 e. The van der Waals surface area contributed by atoms with Crippen LogP contribution in [0.3, 0.4) is 0 Å². The average Bonchev–Trinajstić information content (AvgIpc) is 3.49. The Hall–Kier alpha value is -4.79. The van der Waals surface area contributed by atoms with Gasteiger partial charge in [-0.05, 0) is 61.9 Å². The van der Waals surface area contributed by atoms with Crippen molar-refractivity contribution >= 4 is 11.7 Å². The maximum Gasteiger partial charge on any atom is 0.416 e. The van der Waals surface area contributed by atoms with Crippen molar-refractivity contribution in [2.75, 3.05) is 5.32 Å². The predicted octanol–water partition coefficient (Wildman–Crippen LogP) is 7.44. The Labute approximate surface area is 229 Å². The molecule has 0 radical (unpaired) electrons. The van der Waals surface area contributed by atoms with E-state index in [9.17, 15) is 18.0 Å². The van der Waals surface area contributed by atoms with Crippen molar-refractivity contribution in [1.29, 1.82) is 0 Å². The minimum atomic E-state index is -4.52. The number of amides is 2. The van der Waals surface area contributed by atoms with Crippen LogP contribution in [0, 0.1) is 13.8 Å². The van der Waals surface area contributed by atoms with Gasteiger partial charge in [-0.1, -0.05) is 54.1 Å². The summed E-state index contributed by atoms with van der Waals surface area (Å²) in [5, 5.41) is 7.55. The normalized spacial score (nSPS) is 14.8. The van der Waals surface area contributed by atoms with E-state index in [4.69, 9.17) is 5.10 Å². The number of carbonyl (C=O) groups is 1. The van der Waals surface area contributed by atoms with Gasteiger partial charge in [-0.3, -0.25) is 0 Å². The van der Waals surface area contributed by atoms with Crippen molar-refractivity contribution in [2.24, 2.45) is 0 Å². The number of nitrogens with zero attached hydrogens (tertiary/aromatic N) is 4. The summed E-state index contributed by atoms with van der Waals surface area (Å²) >= 11 is 0. The van der Waals surface area contributed by atoms with E-state index in [1.807, 2.05) is 96.0 Å². The topological polar surface area (TPSA) is 55.1 Å². The SMILES string of the molecule is Cc1cccc([C@H]2c3cccn3-c3c(c(C)nn3-c3ccccc3)CN2C(=O)Nc2cccc(C(F)(F)F)c2)c1. The molecule has 3 heterocycles. The summed E-state index contributed by atoms with van der Waals surface area (Å²) in [6.07, 6.45) is -2.57. The van der Waals surface area contributed by atoms with Crippen molar-refractivity contribution in [3.05, 3.63) is 131 Å². The molecular weight excluding hydrogens is 515 g/mol. The Bertz CT molecular complexity index is 1700. The lowest BCUT2D eigenvalue weighted by atomic mass is 10.00. The highest BCUT2D eigenvalue weighted by atomic mass is 19.4. The monoisotopic (exact) mass is 541 g/mol. The molecule has 6 nitrogen and oxygen atoms in total. The van der Waals surface area contributed by atoms with E-state index in [1.54, 1.807) is 4.90 Å². The fraction of sp³-hybridized carbons (Fsp3) is 0.161. The lowest BCUT2D eigenvalue weighted by Crippen LogP contribution is -2.38. The molecule has 2 amide bonds. The third-order valence-electron chi connectivity index (χ3n) is 7.15. The fourth-order valence-electron chi connectivity index (χ4n) is 5.31. The van der Waals surface area contributed by atoms with E-state index < -0.39 is 23.8 Å². The number of hydrogen-bond donors (Lipinski definition) is 1. The van der Waals surface area contributed by atoms with Crippen molar-refractivity contribution in [3.63, 3.8) is 0 Å². The molecule has 1 aliphatic heterocycles. The van der Waals surface area contributed by atoms with Gasteiger partial charge in [-0.15, -0.1) is 0 Å². The molecule has 0 unspecified atom stereocenters. The van der Waals surface area contributed by atoms with E-state index >= 15 is 0 Å². The predicted molar refractivity (Wildman–Crippen MR) is 147 cm³/mol. The van der Waals surface area contributed by atoms with Gasteiger partial charge >= 0.3 is 12.2 Å². The molecule has 6 rings (SSSR count). The second-order valence-electron chi connectivity index (χ2n) is 9.89. The smallest absolute Gasteiger partial charge is 0.308 e. The third-order valence-corrected chi connectivity index (χ3v) is 7.15.